The van der Waals surface area contributed by atoms with Crippen LogP contribution in [0.15, 0.2) is 53.1 Å². The molecule has 198 valence electrons. The van der Waals surface area contributed by atoms with Crippen LogP contribution in [0.25, 0.3) is 0 Å². The summed E-state index contributed by atoms with van der Waals surface area (Å²) >= 11 is 0. The molecule has 38 heavy (non-hydrogen) atoms. The summed E-state index contributed by atoms with van der Waals surface area (Å²) < 4.78 is 17.1. The van der Waals surface area contributed by atoms with Crippen LogP contribution in [0.2, 0.25) is 0 Å². The smallest absolute Gasteiger partial charge is 0.273 e. The zero-order valence-corrected chi connectivity index (χ0v) is 21.7. The van der Waals surface area contributed by atoms with Gasteiger partial charge in [-0.1, -0.05) is 35.9 Å². The summed E-state index contributed by atoms with van der Waals surface area (Å²) in [4.78, 5) is 32.0. The van der Waals surface area contributed by atoms with Crippen LogP contribution in [-0.4, -0.2) is 47.5 Å². The van der Waals surface area contributed by atoms with Gasteiger partial charge >= 0.3 is 0 Å². The molecule has 6 rings (SSSR count). The van der Waals surface area contributed by atoms with Crippen molar-refractivity contribution in [1.82, 2.24) is 15.2 Å². The van der Waals surface area contributed by atoms with Gasteiger partial charge in [0.2, 0.25) is 11.8 Å². The number of rotatable bonds is 8. The van der Waals surface area contributed by atoms with Gasteiger partial charge in [-0.25, -0.2) is 4.98 Å². The lowest BCUT2D eigenvalue weighted by Crippen LogP contribution is -2.41. The average Bonchev–Trinajstić information content (AvgIpc) is 3.44. The molecule has 1 saturated heterocycles. The second-order valence-corrected chi connectivity index (χ2v) is 10.5. The Kier molecular flexibility index (Phi) is 6.89. The van der Waals surface area contributed by atoms with E-state index in [0.29, 0.717) is 18.2 Å². The fraction of sp³-hybridized carbons (Fsp3) is 0.433. The van der Waals surface area contributed by atoms with Gasteiger partial charge in [-0.3, -0.25) is 9.59 Å². The number of benzene rings is 2. The van der Waals surface area contributed by atoms with Gasteiger partial charge in [0.25, 0.3) is 5.91 Å². The summed E-state index contributed by atoms with van der Waals surface area (Å²) in [6.45, 7) is 4.09. The fourth-order valence-electron chi connectivity index (χ4n) is 5.32. The van der Waals surface area contributed by atoms with E-state index in [1.165, 1.54) is 17.4 Å². The molecule has 3 aliphatic rings. The number of carbonyl (C=O) groups is 2. The van der Waals surface area contributed by atoms with E-state index < -0.39 is 0 Å². The summed E-state index contributed by atoms with van der Waals surface area (Å²) in [6.07, 6.45) is 6.18. The Bertz CT molecular complexity index is 1310. The van der Waals surface area contributed by atoms with Gasteiger partial charge in [0, 0.05) is 25.6 Å². The first-order chi connectivity index (χ1) is 18.5. The summed E-state index contributed by atoms with van der Waals surface area (Å²) in [6, 6.07) is 14.4. The molecule has 0 bridgehead atoms. The molecule has 1 aromatic heterocycles. The quantitative estimate of drug-likeness (QED) is 0.479. The van der Waals surface area contributed by atoms with Crippen molar-refractivity contribution in [3.8, 4) is 5.75 Å². The standard InChI is InChI=1S/C30H33N3O5/c1-19-4-6-21(7-5-19)28-25-15-23(11-10-20(25)12-13-33(28)30(35)22-8-9-22)37-18-27-32-26(17-38-27)29(34)31-16-24-3-2-14-36-24/h4-7,10-11,15,17,22,24,28H,2-3,8-9,12-14,16,18H2,1H3,(H,31,34). The van der Waals surface area contributed by atoms with Crippen LogP contribution in [0.3, 0.4) is 0 Å². The zero-order valence-electron chi connectivity index (χ0n) is 21.7. The molecule has 2 unspecified atom stereocenters. The molecule has 0 spiro atoms. The number of nitrogens with one attached hydrogen (secondary N) is 1. The van der Waals surface area contributed by atoms with Crippen molar-refractivity contribution in [2.75, 3.05) is 19.7 Å². The van der Waals surface area contributed by atoms with E-state index in [1.54, 1.807) is 0 Å². The van der Waals surface area contributed by atoms with Gasteiger partial charge in [0.1, 0.15) is 12.0 Å². The van der Waals surface area contributed by atoms with Crippen molar-refractivity contribution >= 4 is 11.8 Å². The Balaban J connectivity index is 1.16. The molecule has 3 heterocycles. The maximum Gasteiger partial charge on any atom is 0.273 e. The lowest BCUT2D eigenvalue weighted by molar-refractivity contribution is -0.134. The molecule has 1 N–H and O–H groups in total. The van der Waals surface area contributed by atoms with Crippen molar-refractivity contribution in [3.63, 3.8) is 0 Å². The molecule has 0 radical (unpaired) electrons. The van der Waals surface area contributed by atoms with Gasteiger partial charge in [0.05, 0.1) is 12.1 Å². The van der Waals surface area contributed by atoms with E-state index in [9.17, 15) is 9.59 Å². The lowest BCUT2D eigenvalue weighted by Gasteiger charge is -2.38. The van der Waals surface area contributed by atoms with E-state index in [2.05, 4.69) is 47.6 Å². The van der Waals surface area contributed by atoms with Gasteiger partial charge in [-0.15, -0.1) is 0 Å². The van der Waals surface area contributed by atoms with Crippen LogP contribution in [0, 0.1) is 12.8 Å². The Morgan fingerprint density at radius 2 is 1.97 bits per heavy atom. The van der Waals surface area contributed by atoms with Crippen LogP contribution >= 0.6 is 0 Å². The highest BCUT2D eigenvalue weighted by atomic mass is 16.5. The number of aromatic nitrogens is 1. The van der Waals surface area contributed by atoms with Crippen LogP contribution in [-0.2, 0) is 22.6 Å². The number of hydrogen-bond donors (Lipinski definition) is 1. The van der Waals surface area contributed by atoms with E-state index in [-0.39, 0.29) is 42.2 Å². The third kappa shape index (κ3) is 5.31. The third-order valence-electron chi connectivity index (χ3n) is 7.61. The normalized spacial score (nSPS) is 20.7. The molecular weight excluding hydrogens is 482 g/mol. The number of nitrogens with zero attached hydrogens (tertiary/aromatic N) is 2. The first-order valence-corrected chi connectivity index (χ1v) is 13.5. The number of hydrogen-bond acceptors (Lipinski definition) is 6. The van der Waals surface area contributed by atoms with Crippen LogP contribution < -0.4 is 10.1 Å². The molecule has 2 amide bonds. The van der Waals surface area contributed by atoms with Crippen molar-refractivity contribution < 1.29 is 23.5 Å². The summed E-state index contributed by atoms with van der Waals surface area (Å²) in [5, 5.41) is 2.85. The van der Waals surface area contributed by atoms with Crippen molar-refractivity contribution in [1.29, 1.82) is 0 Å². The number of ether oxygens (including phenoxy) is 2. The molecule has 8 nitrogen and oxygen atoms in total. The van der Waals surface area contributed by atoms with E-state index >= 15 is 0 Å². The zero-order chi connectivity index (χ0) is 26.1. The fourth-order valence-corrected chi connectivity index (χ4v) is 5.32. The number of aryl methyl sites for hydroxylation is 1. The van der Waals surface area contributed by atoms with Crippen molar-refractivity contribution in [2.24, 2.45) is 5.92 Å². The van der Waals surface area contributed by atoms with E-state index in [0.717, 1.165) is 56.4 Å². The highest BCUT2D eigenvalue weighted by Gasteiger charge is 2.39. The predicted molar refractivity (Wildman–Crippen MR) is 140 cm³/mol. The minimum Gasteiger partial charge on any atom is -0.484 e. The number of amides is 2. The van der Waals surface area contributed by atoms with Gasteiger partial charge < -0.3 is 24.1 Å². The Labute approximate surface area is 222 Å². The monoisotopic (exact) mass is 515 g/mol. The second-order valence-electron chi connectivity index (χ2n) is 10.5. The molecule has 2 fully saturated rings. The van der Waals surface area contributed by atoms with Gasteiger partial charge in [-0.05, 0) is 67.9 Å². The molecule has 2 atom stereocenters. The van der Waals surface area contributed by atoms with Gasteiger partial charge in [-0.2, -0.15) is 0 Å². The average molecular weight is 516 g/mol. The second kappa shape index (κ2) is 10.6. The Morgan fingerprint density at radius 3 is 2.74 bits per heavy atom. The topological polar surface area (TPSA) is 93.9 Å². The molecule has 8 heteroatoms. The van der Waals surface area contributed by atoms with Crippen molar-refractivity contribution in [2.45, 2.75) is 57.8 Å². The van der Waals surface area contributed by atoms with E-state index in [4.69, 9.17) is 13.9 Å². The van der Waals surface area contributed by atoms with Crippen LogP contribution in [0.5, 0.6) is 5.75 Å². The molecule has 1 saturated carbocycles. The Morgan fingerprint density at radius 1 is 1.13 bits per heavy atom. The molecule has 1 aliphatic carbocycles. The first kappa shape index (κ1) is 24.7. The van der Waals surface area contributed by atoms with Gasteiger partial charge in [0.15, 0.2) is 12.3 Å². The van der Waals surface area contributed by atoms with E-state index in [1.807, 2.05) is 17.0 Å². The highest BCUT2D eigenvalue weighted by molar-refractivity contribution is 5.91. The molecule has 2 aromatic carbocycles. The first-order valence-electron chi connectivity index (χ1n) is 13.5. The number of oxazole rings is 1. The third-order valence-corrected chi connectivity index (χ3v) is 7.61. The molecule has 3 aromatic rings. The maximum atomic E-state index is 13.2. The molecule has 2 aliphatic heterocycles. The minimum atomic E-state index is -0.286. The Hall–Kier alpha value is -3.65. The predicted octanol–water partition coefficient (Wildman–Crippen LogP) is 4.35. The van der Waals surface area contributed by atoms with Crippen molar-refractivity contribution in [3.05, 3.63) is 82.6 Å². The summed E-state index contributed by atoms with van der Waals surface area (Å²) in [5.41, 5.74) is 4.83. The molecular formula is C30H33N3O5. The number of fused-ring (bicyclic) bond motifs is 1. The highest BCUT2D eigenvalue weighted by Crippen LogP contribution is 2.41. The summed E-state index contributed by atoms with van der Waals surface area (Å²) in [7, 11) is 0. The minimum absolute atomic E-state index is 0.0666. The lowest BCUT2D eigenvalue weighted by atomic mass is 9.87. The number of carbonyl (C=O) groups excluding carboxylic acids is 2. The van der Waals surface area contributed by atoms with Crippen LogP contribution in [0.1, 0.15) is 70.4 Å². The maximum absolute atomic E-state index is 13.2. The summed E-state index contributed by atoms with van der Waals surface area (Å²) in [5.74, 6) is 1.11. The van der Waals surface area contributed by atoms with Crippen LogP contribution in [0.4, 0.5) is 0 Å². The SMILES string of the molecule is Cc1ccc(C2c3cc(OCc4nc(C(=O)NCC5CCCO5)co4)ccc3CCN2C(=O)C2CC2)cc1. The largest absolute Gasteiger partial charge is 0.484 e.